The van der Waals surface area contributed by atoms with Crippen LogP contribution in [-0.4, -0.2) is 0 Å². The van der Waals surface area contributed by atoms with Crippen molar-refractivity contribution in [3.05, 3.63) is 311 Å². The second-order valence-electron chi connectivity index (χ2n) is 40.2. The zero-order valence-electron chi connectivity index (χ0n) is 72.7. The van der Waals surface area contributed by atoms with Crippen LogP contribution in [0.15, 0.2) is 267 Å². The van der Waals surface area contributed by atoms with Crippen LogP contribution in [0, 0.1) is 0 Å². The van der Waals surface area contributed by atoms with Gasteiger partial charge in [-0.05, 0) is 291 Å². The molecule has 0 aliphatic heterocycles. The summed E-state index contributed by atoms with van der Waals surface area (Å²) in [7, 11) is 0. The molecule has 0 aromatic heterocycles. The third-order valence-electron chi connectivity index (χ3n) is 27.9. The summed E-state index contributed by atoms with van der Waals surface area (Å²) in [5, 5.41) is 9.83. The van der Waals surface area contributed by atoms with Gasteiger partial charge in [-0.3, -0.25) is 0 Å². The van der Waals surface area contributed by atoms with E-state index < -0.39 is 0 Å². The number of anilines is 6. The van der Waals surface area contributed by atoms with Crippen molar-refractivity contribution in [1.29, 1.82) is 0 Å². The van der Waals surface area contributed by atoms with Crippen molar-refractivity contribution in [3.63, 3.8) is 0 Å². The van der Waals surface area contributed by atoms with Crippen molar-refractivity contribution in [2.75, 3.05) is 9.80 Å². The van der Waals surface area contributed by atoms with Crippen LogP contribution >= 0.6 is 0 Å². The second-order valence-corrected chi connectivity index (χ2v) is 40.2. The normalized spacial score (nSPS) is 16.0. The Morgan fingerprint density at radius 1 is 0.195 bits per heavy atom. The Kier molecular flexibility index (Phi) is 21.7. The summed E-state index contributed by atoms with van der Waals surface area (Å²) in [6, 6.07) is 107. The Morgan fingerprint density at radius 3 is 0.669 bits per heavy atom. The van der Waals surface area contributed by atoms with Crippen molar-refractivity contribution in [2.45, 2.75) is 257 Å². The smallest absolute Gasteiger partial charge is 0.0619 e. The molecule has 0 spiro atoms. The van der Waals surface area contributed by atoms with Crippen LogP contribution in [0.2, 0.25) is 0 Å². The predicted octanol–water partition coefficient (Wildman–Crippen LogP) is 35.0. The highest BCUT2D eigenvalue weighted by atomic mass is 15.2. The molecule has 4 fully saturated rings. The van der Waals surface area contributed by atoms with E-state index in [-0.39, 0.29) is 21.7 Å². The number of benzene rings is 14. The number of fused-ring (bicyclic) bond motifs is 4. The van der Waals surface area contributed by atoms with Crippen molar-refractivity contribution in [3.8, 4) is 55.6 Å². The average molecular weight is 1550 g/mol. The maximum Gasteiger partial charge on any atom is 0.0619 e. The van der Waals surface area contributed by atoms with Crippen molar-refractivity contribution in [2.24, 2.45) is 0 Å². The van der Waals surface area contributed by atoms with Gasteiger partial charge in [0.25, 0.3) is 0 Å². The molecule has 0 heterocycles. The first-order chi connectivity index (χ1) is 57.0. The Labute approximate surface area is 706 Å². The fourth-order valence-corrected chi connectivity index (χ4v) is 21.0. The summed E-state index contributed by atoms with van der Waals surface area (Å²) in [6.45, 7) is 29.1. The van der Waals surface area contributed by atoms with E-state index in [1.807, 2.05) is 0 Å². The van der Waals surface area contributed by atoms with Crippen LogP contribution in [0.1, 0.15) is 280 Å². The molecule has 0 saturated heterocycles. The Bertz CT molecular complexity index is 5480. The molecule has 0 radical (unpaired) electrons. The van der Waals surface area contributed by atoms with E-state index in [0.29, 0.717) is 23.7 Å². The number of rotatable bonds is 15. The van der Waals surface area contributed by atoms with Gasteiger partial charge in [0.15, 0.2) is 0 Å². The van der Waals surface area contributed by atoms with E-state index >= 15 is 0 Å². The van der Waals surface area contributed by atoms with Crippen molar-refractivity contribution < 1.29 is 0 Å². The molecule has 14 aromatic carbocycles. The first-order valence-corrected chi connectivity index (χ1v) is 45.5. The van der Waals surface area contributed by atoms with Gasteiger partial charge in [-0.15, -0.1) is 0 Å². The molecule has 0 N–H and O–H groups in total. The lowest BCUT2D eigenvalue weighted by Crippen LogP contribution is -2.20. The lowest BCUT2D eigenvalue weighted by atomic mass is 9.78. The fourth-order valence-electron chi connectivity index (χ4n) is 21.0. The summed E-state index contributed by atoms with van der Waals surface area (Å²) >= 11 is 0. The molecule has 0 unspecified atom stereocenters. The van der Waals surface area contributed by atoms with Crippen molar-refractivity contribution in [1.82, 2.24) is 0 Å². The molecule has 4 saturated carbocycles. The maximum absolute atomic E-state index is 2.83. The monoisotopic (exact) mass is 1540 g/mol. The van der Waals surface area contributed by atoms with Crippen LogP contribution in [0.4, 0.5) is 34.1 Å². The Morgan fingerprint density at radius 2 is 0.424 bits per heavy atom. The van der Waals surface area contributed by atoms with Crippen LogP contribution in [-0.2, 0) is 21.7 Å². The van der Waals surface area contributed by atoms with Crippen molar-refractivity contribution >= 4 is 77.2 Å². The highest BCUT2D eigenvalue weighted by Crippen LogP contribution is 2.58. The van der Waals surface area contributed by atoms with Gasteiger partial charge in [-0.1, -0.05) is 354 Å². The molecule has 2 nitrogen and oxygen atoms in total. The molecule has 4 aliphatic carbocycles. The van der Waals surface area contributed by atoms with E-state index in [0.717, 1.165) is 0 Å². The molecule has 2 heteroatoms. The standard InChI is InChI=1S/C116H124N2/c1-113(2,3)93-71-94(114(4,5)6)74-99(73-93)117(97-63-89(81-45-29-17-30-46-81)61-90(64-97)82-47-31-18-32-48-82)111-103-59-55-85(77-37-21-13-22-38-77)67-105(103)109(101-57-53-87(69-107(101)111)79-41-25-15-26-42-79)110-102-58-54-88(80-43-27-16-28-44-80)70-108(102)112(104-60-56-86(68-106(104)110)78-39-23-14-24-40-78)118(100-75-95(115(7,8)9)72-96(76-100)116(10,11)12)98-65-91(83-49-33-19-34-50-83)62-92(66-98)84-51-35-20-36-52-84/h13-16,21-28,37-44,53-76,81-84H,17-20,29-36,45-52H2,1-12H3. The number of nitrogens with zero attached hydrogens (tertiary/aromatic N) is 2. The highest BCUT2D eigenvalue weighted by molar-refractivity contribution is 6.32. The zero-order chi connectivity index (χ0) is 81.2. The highest BCUT2D eigenvalue weighted by Gasteiger charge is 2.35. The third kappa shape index (κ3) is 15.9. The first kappa shape index (κ1) is 78.9. The zero-order valence-corrected chi connectivity index (χ0v) is 72.7. The van der Waals surface area contributed by atoms with E-state index in [2.05, 4.69) is 360 Å². The maximum atomic E-state index is 2.83. The SMILES string of the molecule is CC(C)(C)c1cc(N(c2cc(C3CCCCC3)cc(C3CCCCC3)c2)c2c3ccc(-c4ccccc4)cc3c(-c3c4cc(-c5ccccc5)ccc4c(N(c4cc(C5CCCCC5)cc(C5CCCCC5)c4)c4cc(C(C)(C)C)cc(C(C)(C)C)c4)c4cc(-c5ccccc5)ccc34)c3ccc(-c4ccccc4)cc23)cc(C(C)(C)C)c1. The largest absolute Gasteiger partial charge is 0.309 e. The average Bonchev–Trinajstić information content (AvgIpc) is 0.698. The van der Waals surface area contributed by atoms with Gasteiger partial charge in [-0.25, -0.2) is 0 Å². The molecule has 0 atom stereocenters. The Hall–Kier alpha value is -10.3. The van der Waals surface area contributed by atoms with Crippen LogP contribution < -0.4 is 9.80 Å². The van der Waals surface area contributed by atoms with Crippen LogP contribution in [0.25, 0.3) is 98.7 Å². The lowest BCUT2D eigenvalue weighted by Gasteiger charge is -2.35. The topological polar surface area (TPSA) is 6.48 Å². The molecule has 118 heavy (non-hydrogen) atoms. The molecule has 598 valence electrons. The first-order valence-electron chi connectivity index (χ1n) is 45.5. The van der Waals surface area contributed by atoms with Gasteiger partial charge in [-0.2, -0.15) is 0 Å². The fraction of sp³-hybridized carbons (Fsp3) is 0.345. The minimum atomic E-state index is -0.152. The Balaban J connectivity index is 1.05. The molecular formula is C116H124N2. The molecule has 0 bridgehead atoms. The lowest BCUT2D eigenvalue weighted by molar-refractivity contribution is 0.435. The molecule has 14 aromatic rings. The van der Waals surface area contributed by atoms with E-state index in [4.69, 9.17) is 0 Å². The minimum absolute atomic E-state index is 0.152. The van der Waals surface area contributed by atoms with Gasteiger partial charge in [0, 0.05) is 44.3 Å². The third-order valence-corrected chi connectivity index (χ3v) is 27.9. The number of hydrogen-bond donors (Lipinski definition) is 0. The summed E-state index contributed by atoms with van der Waals surface area (Å²) in [6.07, 6.45) is 25.4. The van der Waals surface area contributed by atoms with Gasteiger partial charge in [0.2, 0.25) is 0 Å². The van der Waals surface area contributed by atoms with E-state index in [1.54, 1.807) is 0 Å². The van der Waals surface area contributed by atoms with Gasteiger partial charge >= 0.3 is 0 Å². The summed E-state index contributed by atoms with van der Waals surface area (Å²) < 4.78 is 0. The molecule has 0 amide bonds. The van der Waals surface area contributed by atoms with Gasteiger partial charge in [0.1, 0.15) is 0 Å². The van der Waals surface area contributed by atoms with E-state index in [9.17, 15) is 0 Å². The second kappa shape index (κ2) is 32.5. The van der Waals surface area contributed by atoms with Gasteiger partial charge in [0.05, 0.1) is 11.4 Å². The summed E-state index contributed by atoms with van der Waals surface area (Å²) in [5.74, 6) is 2.02. The molecular weight excluding hydrogens is 1420 g/mol. The van der Waals surface area contributed by atoms with Gasteiger partial charge < -0.3 is 9.80 Å². The summed E-state index contributed by atoms with van der Waals surface area (Å²) in [4.78, 5) is 5.65. The van der Waals surface area contributed by atoms with E-state index in [1.165, 1.54) is 306 Å². The summed E-state index contributed by atoms with van der Waals surface area (Å²) in [5.41, 5.74) is 30.4. The quantitative estimate of drug-likeness (QED) is 0.0944. The molecule has 4 aliphatic rings. The van der Waals surface area contributed by atoms with Crippen LogP contribution in [0.3, 0.4) is 0 Å². The van der Waals surface area contributed by atoms with Crippen LogP contribution in [0.5, 0.6) is 0 Å². The molecule has 18 rings (SSSR count). The number of hydrogen-bond acceptors (Lipinski definition) is 2. The predicted molar refractivity (Wildman–Crippen MR) is 511 cm³/mol. The minimum Gasteiger partial charge on any atom is -0.309 e.